The molecule has 1 aromatic carbocycles. The molecule has 1 amide bonds. The molecule has 0 fully saturated rings. The minimum absolute atomic E-state index is 0.0131. The van der Waals surface area contributed by atoms with Gasteiger partial charge in [0.25, 0.3) is 0 Å². The Bertz CT molecular complexity index is 1120. The highest BCUT2D eigenvalue weighted by atomic mass is 16.6. The van der Waals surface area contributed by atoms with Crippen molar-refractivity contribution in [1.82, 2.24) is 20.1 Å². The molecule has 1 aliphatic heterocycles. The van der Waals surface area contributed by atoms with Gasteiger partial charge >= 0.3 is 0 Å². The summed E-state index contributed by atoms with van der Waals surface area (Å²) in [4.78, 5) is 17.4. The third-order valence-electron chi connectivity index (χ3n) is 5.78. The summed E-state index contributed by atoms with van der Waals surface area (Å²) in [6.07, 6.45) is 1.05. The highest BCUT2D eigenvalue weighted by molar-refractivity contribution is 5.84. The van der Waals surface area contributed by atoms with Crippen LogP contribution in [-0.4, -0.2) is 33.9 Å². The number of hydrogen-bond donors (Lipinski definition) is 1. The highest BCUT2D eigenvalue weighted by Crippen LogP contribution is 2.32. The average Bonchev–Trinajstić information content (AvgIpc) is 3.00. The molecule has 158 valence electrons. The lowest BCUT2D eigenvalue weighted by molar-refractivity contribution is -0.121. The highest BCUT2D eigenvalue weighted by Gasteiger charge is 2.18. The zero-order chi connectivity index (χ0) is 21.4. The maximum absolute atomic E-state index is 12.6. The van der Waals surface area contributed by atoms with E-state index < -0.39 is 0 Å². The summed E-state index contributed by atoms with van der Waals surface area (Å²) in [5, 5.41) is 8.67. The molecule has 0 saturated heterocycles. The first-order chi connectivity index (χ1) is 14.3. The second-order valence-electron chi connectivity index (χ2n) is 7.90. The predicted molar refractivity (Wildman–Crippen MR) is 115 cm³/mol. The summed E-state index contributed by atoms with van der Waals surface area (Å²) in [6.45, 7) is 9.18. The van der Waals surface area contributed by atoms with Crippen molar-refractivity contribution in [2.45, 2.75) is 46.6 Å². The Labute approximate surface area is 176 Å². The van der Waals surface area contributed by atoms with Crippen LogP contribution in [0.15, 0.2) is 18.2 Å². The lowest BCUT2D eigenvalue weighted by Gasteiger charge is -2.21. The molecular weight excluding hydrogens is 380 g/mol. The molecule has 2 aromatic heterocycles. The first kappa shape index (κ1) is 20.2. The van der Waals surface area contributed by atoms with E-state index in [1.807, 2.05) is 50.7 Å². The number of pyridine rings is 1. The standard InChI is InChI=1S/C23H28N4O3/c1-13-18(15(3)25-23-22(13)16(4)26-27(23)5)7-9-21(28)24-14(2)17-6-8-19-20(12-17)30-11-10-29-19/h6,8,12,14H,7,9-11H2,1-5H3,(H,24,28). The number of aryl methyl sites for hydroxylation is 4. The minimum atomic E-state index is -0.114. The van der Waals surface area contributed by atoms with Crippen LogP contribution in [0, 0.1) is 20.8 Å². The number of rotatable bonds is 5. The third kappa shape index (κ3) is 3.72. The topological polar surface area (TPSA) is 78.3 Å². The van der Waals surface area contributed by atoms with Crippen LogP contribution in [0.25, 0.3) is 11.0 Å². The van der Waals surface area contributed by atoms with Crippen LogP contribution in [0.2, 0.25) is 0 Å². The molecule has 0 aliphatic carbocycles. The van der Waals surface area contributed by atoms with Gasteiger partial charge in [-0.3, -0.25) is 9.48 Å². The number of hydrogen-bond acceptors (Lipinski definition) is 5. The van der Waals surface area contributed by atoms with Gasteiger partial charge in [0.1, 0.15) is 13.2 Å². The number of ether oxygens (including phenoxy) is 2. The van der Waals surface area contributed by atoms with Crippen LogP contribution in [0.1, 0.15) is 47.5 Å². The van der Waals surface area contributed by atoms with E-state index in [1.54, 1.807) is 0 Å². The summed E-state index contributed by atoms with van der Waals surface area (Å²) >= 11 is 0. The van der Waals surface area contributed by atoms with E-state index in [2.05, 4.69) is 17.3 Å². The van der Waals surface area contributed by atoms with E-state index in [0.29, 0.717) is 26.1 Å². The van der Waals surface area contributed by atoms with Crippen LogP contribution >= 0.6 is 0 Å². The molecule has 1 atom stereocenters. The monoisotopic (exact) mass is 408 g/mol. The third-order valence-corrected chi connectivity index (χ3v) is 5.78. The van der Waals surface area contributed by atoms with Gasteiger partial charge in [-0.2, -0.15) is 5.10 Å². The van der Waals surface area contributed by atoms with Gasteiger partial charge in [-0.1, -0.05) is 6.07 Å². The van der Waals surface area contributed by atoms with E-state index in [4.69, 9.17) is 14.5 Å². The van der Waals surface area contributed by atoms with E-state index in [-0.39, 0.29) is 11.9 Å². The van der Waals surface area contributed by atoms with E-state index >= 15 is 0 Å². The van der Waals surface area contributed by atoms with Crippen LogP contribution in [-0.2, 0) is 18.3 Å². The molecule has 0 bridgehead atoms. The van der Waals surface area contributed by atoms with Crippen molar-refractivity contribution in [2.24, 2.45) is 7.05 Å². The minimum Gasteiger partial charge on any atom is -0.486 e. The van der Waals surface area contributed by atoms with Crippen molar-refractivity contribution in [3.63, 3.8) is 0 Å². The molecule has 1 unspecified atom stereocenters. The van der Waals surface area contributed by atoms with Gasteiger partial charge in [-0.05, 0) is 62.9 Å². The van der Waals surface area contributed by atoms with Gasteiger partial charge in [0.05, 0.1) is 11.7 Å². The number of carbonyl (C=O) groups excluding carboxylic acids is 1. The van der Waals surface area contributed by atoms with Gasteiger partial charge < -0.3 is 14.8 Å². The SMILES string of the molecule is Cc1nc2c(c(C)nn2C)c(C)c1CCC(=O)NC(C)c1ccc2c(c1)OCCO2. The summed E-state index contributed by atoms with van der Waals surface area (Å²) in [6, 6.07) is 5.69. The number of aromatic nitrogens is 3. The molecular formula is C23H28N4O3. The number of carbonyl (C=O) groups is 1. The smallest absolute Gasteiger partial charge is 0.220 e. The Morgan fingerprint density at radius 1 is 1.17 bits per heavy atom. The molecule has 3 aromatic rings. The normalized spacial score (nSPS) is 14.0. The molecule has 0 spiro atoms. The number of benzene rings is 1. The number of nitrogens with one attached hydrogen (secondary N) is 1. The first-order valence-electron chi connectivity index (χ1n) is 10.3. The number of amides is 1. The molecule has 0 saturated carbocycles. The number of fused-ring (bicyclic) bond motifs is 2. The lowest BCUT2D eigenvalue weighted by Crippen LogP contribution is -2.27. The Morgan fingerprint density at radius 2 is 1.90 bits per heavy atom. The van der Waals surface area contributed by atoms with Gasteiger partial charge in [0.2, 0.25) is 5.91 Å². The molecule has 1 aliphatic rings. The van der Waals surface area contributed by atoms with Crippen molar-refractivity contribution >= 4 is 16.9 Å². The second kappa shape index (κ2) is 7.97. The van der Waals surface area contributed by atoms with Crippen LogP contribution in [0.5, 0.6) is 11.5 Å². The van der Waals surface area contributed by atoms with Crippen LogP contribution < -0.4 is 14.8 Å². The van der Waals surface area contributed by atoms with E-state index in [1.165, 1.54) is 0 Å². The van der Waals surface area contributed by atoms with Crippen molar-refractivity contribution in [2.75, 3.05) is 13.2 Å². The van der Waals surface area contributed by atoms with Gasteiger partial charge in [0, 0.05) is 24.5 Å². The Balaban J connectivity index is 1.44. The average molecular weight is 409 g/mol. The zero-order valence-electron chi connectivity index (χ0n) is 18.2. The molecule has 4 rings (SSSR count). The Morgan fingerprint density at radius 3 is 2.67 bits per heavy atom. The summed E-state index contributed by atoms with van der Waals surface area (Å²) in [5.41, 5.74) is 6.10. The van der Waals surface area contributed by atoms with Gasteiger partial charge in [-0.25, -0.2) is 4.98 Å². The molecule has 0 radical (unpaired) electrons. The van der Waals surface area contributed by atoms with E-state index in [9.17, 15) is 4.79 Å². The molecule has 3 heterocycles. The van der Waals surface area contributed by atoms with Crippen LogP contribution in [0.3, 0.4) is 0 Å². The molecule has 7 heteroatoms. The predicted octanol–water partition coefficient (Wildman–Crippen LogP) is 3.47. The van der Waals surface area contributed by atoms with Gasteiger partial charge in [0.15, 0.2) is 17.1 Å². The van der Waals surface area contributed by atoms with Gasteiger partial charge in [-0.15, -0.1) is 0 Å². The maximum atomic E-state index is 12.6. The molecule has 30 heavy (non-hydrogen) atoms. The first-order valence-corrected chi connectivity index (χ1v) is 10.3. The van der Waals surface area contributed by atoms with E-state index in [0.717, 1.165) is 50.6 Å². The number of nitrogens with zero attached hydrogens (tertiary/aromatic N) is 3. The fourth-order valence-electron chi connectivity index (χ4n) is 4.20. The fourth-order valence-corrected chi connectivity index (χ4v) is 4.20. The van der Waals surface area contributed by atoms with Crippen LogP contribution in [0.4, 0.5) is 0 Å². The van der Waals surface area contributed by atoms with Crippen molar-refractivity contribution in [3.05, 3.63) is 46.3 Å². The van der Waals surface area contributed by atoms with Crippen molar-refractivity contribution < 1.29 is 14.3 Å². The molecule has 7 nitrogen and oxygen atoms in total. The quantitative estimate of drug-likeness (QED) is 0.699. The Hall–Kier alpha value is -3.09. The summed E-state index contributed by atoms with van der Waals surface area (Å²) in [5.74, 6) is 1.50. The second-order valence-corrected chi connectivity index (χ2v) is 7.90. The summed E-state index contributed by atoms with van der Waals surface area (Å²) < 4.78 is 13.0. The zero-order valence-corrected chi connectivity index (χ0v) is 18.2. The molecule has 1 N–H and O–H groups in total. The maximum Gasteiger partial charge on any atom is 0.220 e. The Kier molecular flexibility index (Phi) is 5.37. The summed E-state index contributed by atoms with van der Waals surface area (Å²) in [7, 11) is 1.91. The van der Waals surface area contributed by atoms with Crippen molar-refractivity contribution in [1.29, 1.82) is 0 Å². The fraction of sp³-hybridized carbons (Fsp3) is 0.435. The van der Waals surface area contributed by atoms with Crippen molar-refractivity contribution in [3.8, 4) is 11.5 Å². The largest absolute Gasteiger partial charge is 0.486 e. The lowest BCUT2D eigenvalue weighted by atomic mass is 9.99.